The molecule has 4 atom stereocenters. The van der Waals surface area contributed by atoms with Gasteiger partial charge in [-0.25, -0.2) is 4.85 Å². The summed E-state index contributed by atoms with van der Waals surface area (Å²) in [6.07, 6.45) is 2.45. The van der Waals surface area contributed by atoms with Crippen molar-refractivity contribution in [3.63, 3.8) is 0 Å². The molecule has 1 aromatic rings. The van der Waals surface area contributed by atoms with Crippen LogP contribution in [0.2, 0.25) is 0 Å². The van der Waals surface area contributed by atoms with Gasteiger partial charge in [0, 0.05) is 38.1 Å². The van der Waals surface area contributed by atoms with Crippen LogP contribution >= 0.6 is 0 Å². The first-order chi connectivity index (χ1) is 14.0. The SMILES string of the molecule is [C-]#[N+]c1ccc(CN2C(=O)[C@@H]3C[C@H]2CN3C[C@H](C)C(=O)N2CCC[C@H]2C#N)cc1. The Labute approximate surface area is 171 Å². The molecule has 2 bridgehead atoms. The van der Waals surface area contributed by atoms with Crippen molar-refractivity contribution in [2.24, 2.45) is 5.92 Å². The maximum absolute atomic E-state index is 12.9. The summed E-state index contributed by atoms with van der Waals surface area (Å²) < 4.78 is 0. The van der Waals surface area contributed by atoms with Gasteiger partial charge in [-0.3, -0.25) is 14.5 Å². The van der Waals surface area contributed by atoms with Crippen molar-refractivity contribution in [3.05, 3.63) is 41.2 Å². The molecule has 4 rings (SSSR count). The molecule has 0 unspecified atom stereocenters. The first kappa shape index (κ1) is 19.4. The summed E-state index contributed by atoms with van der Waals surface area (Å²) in [5.74, 6) is -0.0574. The summed E-state index contributed by atoms with van der Waals surface area (Å²) in [4.78, 5) is 34.9. The van der Waals surface area contributed by atoms with Gasteiger partial charge in [-0.2, -0.15) is 5.26 Å². The lowest BCUT2D eigenvalue weighted by molar-refractivity contribution is -0.140. The molecule has 0 spiro atoms. The van der Waals surface area contributed by atoms with Crippen molar-refractivity contribution < 1.29 is 9.59 Å². The normalized spacial score (nSPS) is 27.1. The number of carbonyl (C=O) groups excluding carboxylic acids is 2. The molecule has 2 amide bonds. The average Bonchev–Trinajstić information content (AvgIpc) is 3.44. The van der Waals surface area contributed by atoms with Crippen LogP contribution in [-0.4, -0.2) is 64.3 Å². The maximum atomic E-state index is 12.9. The Morgan fingerprint density at radius 2 is 2.14 bits per heavy atom. The number of benzene rings is 1. The molecule has 7 nitrogen and oxygen atoms in total. The van der Waals surface area contributed by atoms with E-state index < -0.39 is 0 Å². The first-order valence-electron chi connectivity index (χ1n) is 10.2. The fourth-order valence-electron chi connectivity index (χ4n) is 4.89. The number of carbonyl (C=O) groups is 2. The van der Waals surface area contributed by atoms with E-state index in [1.165, 1.54) is 0 Å². The highest BCUT2D eigenvalue weighted by molar-refractivity contribution is 5.86. The zero-order valence-electron chi connectivity index (χ0n) is 16.6. The van der Waals surface area contributed by atoms with Crippen LogP contribution in [0.3, 0.4) is 0 Å². The molecule has 3 aliphatic rings. The predicted octanol–water partition coefficient (Wildman–Crippen LogP) is 2.17. The Morgan fingerprint density at radius 1 is 1.38 bits per heavy atom. The number of piperazine rings is 1. The Balaban J connectivity index is 1.35. The molecule has 150 valence electrons. The van der Waals surface area contributed by atoms with Crippen LogP contribution in [0.1, 0.15) is 31.7 Å². The average molecular weight is 391 g/mol. The van der Waals surface area contributed by atoms with Gasteiger partial charge in [-0.05, 0) is 24.8 Å². The molecule has 1 aromatic carbocycles. The fraction of sp³-hybridized carbons (Fsp3) is 0.545. The monoisotopic (exact) mass is 391 g/mol. The van der Waals surface area contributed by atoms with Gasteiger partial charge < -0.3 is 9.80 Å². The first-order valence-corrected chi connectivity index (χ1v) is 10.2. The molecule has 0 aromatic heterocycles. The quantitative estimate of drug-likeness (QED) is 0.721. The number of hydrogen-bond donors (Lipinski definition) is 0. The highest BCUT2D eigenvalue weighted by Crippen LogP contribution is 2.34. The van der Waals surface area contributed by atoms with Gasteiger partial charge in [0.15, 0.2) is 5.69 Å². The number of rotatable bonds is 5. The minimum atomic E-state index is -0.300. The third-order valence-corrected chi connectivity index (χ3v) is 6.42. The van der Waals surface area contributed by atoms with Gasteiger partial charge in [-0.1, -0.05) is 31.2 Å². The topological polar surface area (TPSA) is 72.0 Å². The van der Waals surface area contributed by atoms with Crippen LogP contribution in [0.15, 0.2) is 24.3 Å². The lowest BCUT2D eigenvalue weighted by atomic mass is 10.1. The lowest BCUT2D eigenvalue weighted by Crippen LogP contribution is -2.52. The van der Waals surface area contributed by atoms with Crippen LogP contribution < -0.4 is 0 Å². The van der Waals surface area contributed by atoms with E-state index in [0.717, 1.165) is 31.4 Å². The van der Waals surface area contributed by atoms with Crippen LogP contribution in [0.5, 0.6) is 0 Å². The molecular formula is C22H25N5O2. The van der Waals surface area contributed by atoms with E-state index in [-0.39, 0.29) is 35.9 Å². The number of likely N-dealkylation sites (tertiary alicyclic amines) is 3. The largest absolute Gasteiger partial charge is 0.333 e. The second-order valence-corrected chi connectivity index (χ2v) is 8.32. The predicted molar refractivity (Wildman–Crippen MR) is 107 cm³/mol. The molecule has 3 heterocycles. The van der Waals surface area contributed by atoms with Gasteiger partial charge >= 0.3 is 0 Å². The van der Waals surface area contributed by atoms with Gasteiger partial charge in [0.1, 0.15) is 6.04 Å². The molecule has 3 saturated heterocycles. The van der Waals surface area contributed by atoms with Crippen molar-refractivity contribution in [2.75, 3.05) is 19.6 Å². The molecule has 0 radical (unpaired) electrons. The minimum Gasteiger partial charge on any atom is -0.333 e. The van der Waals surface area contributed by atoms with Crippen molar-refractivity contribution in [3.8, 4) is 6.07 Å². The summed E-state index contributed by atoms with van der Waals surface area (Å²) in [5.41, 5.74) is 1.63. The molecule has 0 N–H and O–H groups in total. The number of nitrogens with zero attached hydrogens (tertiary/aromatic N) is 5. The number of nitriles is 1. The minimum absolute atomic E-state index is 0.0287. The van der Waals surface area contributed by atoms with Crippen molar-refractivity contribution >= 4 is 17.5 Å². The van der Waals surface area contributed by atoms with Crippen LogP contribution in [0.4, 0.5) is 5.69 Å². The van der Waals surface area contributed by atoms with E-state index in [4.69, 9.17) is 6.57 Å². The summed E-state index contributed by atoms with van der Waals surface area (Å²) in [6.45, 7) is 11.5. The Morgan fingerprint density at radius 3 is 2.79 bits per heavy atom. The van der Waals surface area contributed by atoms with E-state index in [1.54, 1.807) is 17.0 Å². The Bertz CT molecular complexity index is 884. The number of fused-ring (bicyclic) bond motifs is 2. The van der Waals surface area contributed by atoms with Gasteiger partial charge in [0.2, 0.25) is 11.8 Å². The Hall–Kier alpha value is -2.90. The van der Waals surface area contributed by atoms with Crippen LogP contribution in [-0.2, 0) is 16.1 Å². The van der Waals surface area contributed by atoms with Crippen LogP contribution in [0, 0.1) is 23.8 Å². The van der Waals surface area contributed by atoms with E-state index >= 15 is 0 Å². The molecular weight excluding hydrogens is 366 g/mol. The highest BCUT2D eigenvalue weighted by Gasteiger charge is 2.49. The van der Waals surface area contributed by atoms with E-state index in [9.17, 15) is 14.9 Å². The third-order valence-electron chi connectivity index (χ3n) is 6.42. The van der Waals surface area contributed by atoms with E-state index in [2.05, 4.69) is 15.8 Å². The molecule has 0 saturated carbocycles. The molecule has 29 heavy (non-hydrogen) atoms. The zero-order chi connectivity index (χ0) is 20.5. The molecule has 3 aliphatic heterocycles. The second-order valence-electron chi connectivity index (χ2n) is 8.32. The molecule has 7 heteroatoms. The van der Waals surface area contributed by atoms with Crippen molar-refractivity contribution in [2.45, 2.75) is 50.9 Å². The maximum Gasteiger partial charge on any atom is 0.240 e. The number of hydrogen-bond acceptors (Lipinski definition) is 4. The van der Waals surface area contributed by atoms with Crippen LogP contribution in [0.25, 0.3) is 4.85 Å². The van der Waals surface area contributed by atoms with E-state index in [0.29, 0.717) is 25.3 Å². The summed E-state index contributed by atoms with van der Waals surface area (Å²) in [7, 11) is 0. The second kappa shape index (κ2) is 7.85. The van der Waals surface area contributed by atoms with Gasteiger partial charge in [-0.15, -0.1) is 0 Å². The highest BCUT2D eigenvalue weighted by atomic mass is 16.2. The molecule has 0 aliphatic carbocycles. The summed E-state index contributed by atoms with van der Waals surface area (Å²) in [5, 5.41) is 9.23. The van der Waals surface area contributed by atoms with Crippen molar-refractivity contribution in [1.82, 2.24) is 14.7 Å². The van der Waals surface area contributed by atoms with E-state index in [1.807, 2.05) is 24.0 Å². The lowest BCUT2D eigenvalue weighted by Gasteiger charge is -2.35. The third kappa shape index (κ3) is 3.59. The molecule has 3 fully saturated rings. The number of amides is 2. The standard InChI is InChI=1S/C22H25N5O2/c1-15(21(28)26-9-3-4-18(26)11-23)12-25-14-19-10-20(25)22(29)27(19)13-16-5-7-17(24-2)8-6-16/h5-8,15,18-20H,3-4,9-10,12-14H2,1H3/t15-,18-,19-,20-/m0/s1. The Kier molecular flexibility index (Phi) is 5.25. The summed E-state index contributed by atoms with van der Waals surface area (Å²) in [6, 6.07) is 9.34. The zero-order valence-corrected chi connectivity index (χ0v) is 16.6. The van der Waals surface area contributed by atoms with Crippen molar-refractivity contribution in [1.29, 1.82) is 5.26 Å². The fourth-order valence-corrected chi connectivity index (χ4v) is 4.89. The summed E-state index contributed by atoms with van der Waals surface area (Å²) >= 11 is 0. The van der Waals surface area contributed by atoms with Gasteiger partial charge in [0.05, 0.1) is 18.7 Å². The smallest absolute Gasteiger partial charge is 0.240 e. The van der Waals surface area contributed by atoms with Gasteiger partial charge in [0.25, 0.3) is 0 Å².